The Labute approximate surface area is 122 Å². The molecule has 0 unspecified atom stereocenters. The minimum atomic E-state index is 0.370. The predicted molar refractivity (Wildman–Crippen MR) is 82.1 cm³/mol. The first-order valence-corrected chi connectivity index (χ1v) is 6.59. The maximum atomic E-state index is 5.97. The summed E-state index contributed by atoms with van der Waals surface area (Å²) in [4.78, 5) is 6.44. The second-order valence-corrected chi connectivity index (χ2v) is 5.08. The number of pyridine rings is 1. The molecule has 0 bridgehead atoms. The maximum Gasteiger partial charge on any atom is 0.184 e. The molecule has 0 aliphatic rings. The zero-order chi connectivity index (χ0) is 14.1. The van der Waals surface area contributed by atoms with Crippen molar-refractivity contribution in [1.82, 2.24) is 15.2 Å². The summed E-state index contributed by atoms with van der Waals surface area (Å²) in [5, 5.41) is 9.24. The smallest absolute Gasteiger partial charge is 0.184 e. The molecule has 0 aliphatic carbocycles. The second kappa shape index (κ2) is 5.06. The van der Waals surface area contributed by atoms with Crippen molar-refractivity contribution in [2.24, 2.45) is 0 Å². The van der Waals surface area contributed by atoms with Crippen LogP contribution < -0.4 is 4.90 Å². The zero-order valence-corrected chi connectivity index (χ0v) is 12.0. The third-order valence-corrected chi connectivity index (χ3v) is 3.26. The number of aromatic nitrogens is 3. The summed E-state index contributed by atoms with van der Waals surface area (Å²) < 4.78 is 0. The number of hydrogen-bond acceptors (Lipinski definition) is 4. The summed E-state index contributed by atoms with van der Waals surface area (Å²) in [6.07, 6.45) is 0. The van der Waals surface area contributed by atoms with Gasteiger partial charge in [0, 0.05) is 19.5 Å². The van der Waals surface area contributed by atoms with Gasteiger partial charge in [-0.05, 0) is 23.3 Å². The van der Waals surface area contributed by atoms with Gasteiger partial charge >= 0.3 is 0 Å². The molecule has 20 heavy (non-hydrogen) atoms. The van der Waals surface area contributed by atoms with E-state index in [1.807, 2.05) is 43.3 Å². The van der Waals surface area contributed by atoms with Gasteiger partial charge < -0.3 is 4.90 Å². The molecule has 1 aromatic carbocycles. The molecule has 100 valence electrons. The fourth-order valence-electron chi connectivity index (χ4n) is 2.08. The van der Waals surface area contributed by atoms with Crippen LogP contribution in [0.3, 0.4) is 0 Å². The first kappa shape index (κ1) is 12.8. The van der Waals surface area contributed by atoms with Crippen LogP contribution in [0.15, 0.2) is 42.5 Å². The molecule has 0 atom stereocenters. The molecule has 2 heterocycles. The topological polar surface area (TPSA) is 41.9 Å². The normalized spacial score (nSPS) is 10.8. The Hall–Kier alpha value is -2.20. The molecule has 5 heteroatoms. The minimum Gasteiger partial charge on any atom is -0.363 e. The van der Waals surface area contributed by atoms with Gasteiger partial charge in [0.1, 0.15) is 5.82 Å². The van der Waals surface area contributed by atoms with E-state index in [-0.39, 0.29) is 0 Å². The Morgan fingerprint density at radius 3 is 2.45 bits per heavy atom. The Balaban J connectivity index is 2.35. The molecular weight excluding hydrogens is 272 g/mol. The van der Waals surface area contributed by atoms with Crippen molar-refractivity contribution < 1.29 is 0 Å². The number of benzene rings is 1. The highest BCUT2D eigenvalue weighted by Gasteiger charge is 2.11. The highest BCUT2D eigenvalue weighted by Crippen LogP contribution is 2.30. The van der Waals surface area contributed by atoms with E-state index in [1.54, 1.807) is 6.07 Å². The lowest BCUT2D eigenvalue weighted by Gasteiger charge is -2.14. The first-order valence-electron chi connectivity index (χ1n) is 6.22. The second-order valence-electron chi connectivity index (χ2n) is 4.69. The van der Waals surface area contributed by atoms with E-state index in [0.717, 1.165) is 22.3 Å². The van der Waals surface area contributed by atoms with Crippen LogP contribution in [0, 0.1) is 0 Å². The minimum absolute atomic E-state index is 0.370. The number of rotatable bonds is 2. The van der Waals surface area contributed by atoms with Crippen LogP contribution in [-0.4, -0.2) is 29.3 Å². The van der Waals surface area contributed by atoms with Crippen molar-refractivity contribution >= 4 is 28.5 Å². The van der Waals surface area contributed by atoms with Crippen molar-refractivity contribution in [2.75, 3.05) is 19.0 Å². The molecule has 0 radical (unpaired) electrons. The first-order chi connectivity index (χ1) is 9.65. The number of fused-ring (bicyclic) bond motifs is 1. The standard InChI is InChI=1S/C15H13ClN4/c1-20(2)14-9-11(10-6-4-3-5-7-10)12-8-13(16)18-19-15(12)17-14/h3-9H,1-2H3. The predicted octanol–water partition coefficient (Wildman–Crippen LogP) is 3.41. The summed E-state index contributed by atoms with van der Waals surface area (Å²) >= 11 is 5.97. The van der Waals surface area contributed by atoms with E-state index >= 15 is 0 Å². The van der Waals surface area contributed by atoms with Gasteiger partial charge in [0.05, 0.1) is 0 Å². The van der Waals surface area contributed by atoms with Crippen LogP contribution in [0.25, 0.3) is 22.2 Å². The van der Waals surface area contributed by atoms with Gasteiger partial charge in [0.15, 0.2) is 10.8 Å². The van der Waals surface area contributed by atoms with Gasteiger partial charge in [0.25, 0.3) is 0 Å². The van der Waals surface area contributed by atoms with Crippen molar-refractivity contribution in [2.45, 2.75) is 0 Å². The molecule has 2 aromatic heterocycles. The van der Waals surface area contributed by atoms with Gasteiger partial charge in [0.2, 0.25) is 0 Å². The largest absolute Gasteiger partial charge is 0.363 e. The number of anilines is 1. The van der Waals surface area contributed by atoms with E-state index in [1.165, 1.54) is 0 Å². The molecule has 0 spiro atoms. The Kier molecular flexibility index (Phi) is 3.24. The quantitative estimate of drug-likeness (QED) is 0.723. The average Bonchev–Trinajstić information content (AvgIpc) is 2.47. The van der Waals surface area contributed by atoms with Gasteiger partial charge in [-0.1, -0.05) is 41.9 Å². The van der Waals surface area contributed by atoms with E-state index < -0.39 is 0 Å². The number of halogens is 1. The van der Waals surface area contributed by atoms with E-state index in [0.29, 0.717) is 10.8 Å². The van der Waals surface area contributed by atoms with Crippen molar-refractivity contribution in [3.63, 3.8) is 0 Å². The van der Waals surface area contributed by atoms with Crippen LogP contribution in [0.5, 0.6) is 0 Å². The molecule has 0 saturated carbocycles. The van der Waals surface area contributed by atoms with Crippen molar-refractivity contribution in [3.8, 4) is 11.1 Å². The monoisotopic (exact) mass is 284 g/mol. The fraction of sp³-hybridized carbons (Fsp3) is 0.133. The van der Waals surface area contributed by atoms with Crippen molar-refractivity contribution in [3.05, 3.63) is 47.6 Å². The van der Waals surface area contributed by atoms with Crippen LogP contribution in [0.2, 0.25) is 5.15 Å². The Morgan fingerprint density at radius 1 is 1.00 bits per heavy atom. The zero-order valence-electron chi connectivity index (χ0n) is 11.2. The molecule has 0 amide bonds. The molecule has 0 N–H and O–H groups in total. The summed E-state index contributed by atoms with van der Waals surface area (Å²) in [6.45, 7) is 0. The number of hydrogen-bond donors (Lipinski definition) is 0. The summed E-state index contributed by atoms with van der Waals surface area (Å²) in [5.74, 6) is 0.841. The number of nitrogens with zero attached hydrogens (tertiary/aromatic N) is 4. The Bertz CT molecular complexity index is 756. The van der Waals surface area contributed by atoms with Crippen molar-refractivity contribution in [1.29, 1.82) is 0 Å². The van der Waals surface area contributed by atoms with E-state index in [2.05, 4.69) is 27.3 Å². The van der Waals surface area contributed by atoms with Gasteiger partial charge in [-0.25, -0.2) is 4.98 Å². The average molecular weight is 285 g/mol. The summed E-state index contributed by atoms with van der Waals surface area (Å²) in [5.41, 5.74) is 2.75. The SMILES string of the molecule is CN(C)c1cc(-c2ccccc2)c2cc(Cl)nnc2n1. The highest BCUT2D eigenvalue weighted by atomic mass is 35.5. The molecule has 3 aromatic rings. The third kappa shape index (κ3) is 2.30. The molecule has 4 nitrogen and oxygen atoms in total. The van der Waals surface area contributed by atoms with E-state index in [4.69, 9.17) is 11.6 Å². The van der Waals surface area contributed by atoms with Gasteiger partial charge in [-0.2, -0.15) is 0 Å². The lowest BCUT2D eigenvalue weighted by molar-refractivity contribution is 1.03. The van der Waals surface area contributed by atoms with E-state index in [9.17, 15) is 0 Å². The summed E-state index contributed by atoms with van der Waals surface area (Å²) in [7, 11) is 3.90. The molecule has 0 saturated heterocycles. The fourth-order valence-corrected chi connectivity index (χ4v) is 2.22. The Morgan fingerprint density at radius 2 is 1.75 bits per heavy atom. The van der Waals surface area contributed by atoms with Gasteiger partial charge in [-0.15, -0.1) is 10.2 Å². The van der Waals surface area contributed by atoms with Gasteiger partial charge in [-0.3, -0.25) is 0 Å². The lowest BCUT2D eigenvalue weighted by atomic mass is 10.0. The molecule has 0 fully saturated rings. The molecule has 3 rings (SSSR count). The van der Waals surface area contributed by atoms with Crippen LogP contribution >= 0.6 is 11.6 Å². The highest BCUT2D eigenvalue weighted by molar-refractivity contribution is 6.30. The lowest BCUT2D eigenvalue weighted by Crippen LogP contribution is -2.11. The third-order valence-electron chi connectivity index (χ3n) is 3.07. The van der Waals surface area contributed by atoms with Crippen LogP contribution in [-0.2, 0) is 0 Å². The molecule has 0 aliphatic heterocycles. The van der Waals surface area contributed by atoms with Crippen LogP contribution in [0.4, 0.5) is 5.82 Å². The maximum absolute atomic E-state index is 5.97. The van der Waals surface area contributed by atoms with Crippen LogP contribution in [0.1, 0.15) is 0 Å². The molecular formula is C15H13ClN4. The summed E-state index contributed by atoms with van der Waals surface area (Å²) in [6, 6.07) is 14.0.